The van der Waals surface area contributed by atoms with Gasteiger partial charge in [-0.25, -0.2) is 0 Å². The molecule has 2 aliphatic rings. The number of carbonyl (C=O) groups is 4. The first-order chi connectivity index (χ1) is 13.6. The summed E-state index contributed by atoms with van der Waals surface area (Å²) in [5.41, 5.74) is -0.810. The Morgan fingerprint density at radius 2 is 1.86 bits per heavy atom. The van der Waals surface area contributed by atoms with Crippen LogP contribution in [-0.2, 0) is 28.7 Å². The van der Waals surface area contributed by atoms with Crippen molar-refractivity contribution >= 4 is 35.1 Å². The van der Waals surface area contributed by atoms with Gasteiger partial charge < -0.3 is 19.5 Å². The Labute approximate surface area is 173 Å². The number of hydrogen-bond acceptors (Lipinski definition) is 8. The van der Waals surface area contributed by atoms with Gasteiger partial charge in [0.15, 0.2) is 0 Å². The minimum atomic E-state index is -2.01. The maximum absolute atomic E-state index is 13.0. The number of halogens is 1. The fourth-order valence-corrected chi connectivity index (χ4v) is 3.54. The lowest BCUT2D eigenvalue weighted by Crippen LogP contribution is -2.52. The second-order valence-electron chi connectivity index (χ2n) is 6.91. The third-order valence-electron chi connectivity index (χ3n) is 4.59. The van der Waals surface area contributed by atoms with Crippen molar-refractivity contribution in [2.45, 2.75) is 45.6 Å². The van der Waals surface area contributed by atoms with E-state index in [4.69, 9.17) is 21.1 Å². The Balaban J connectivity index is 2.39. The van der Waals surface area contributed by atoms with E-state index in [9.17, 15) is 24.3 Å². The molecule has 9 heteroatoms. The van der Waals surface area contributed by atoms with E-state index < -0.39 is 23.1 Å². The molecule has 29 heavy (non-hydrogen) atoms. The van der Waals surface area contributed by atoms with Gasteiger partial charge in [-0.2, -0.15) is 0 Å². The van der Waals surface area contributed by atoms with Crippen LogP contribution in [-0.4, -0.2) is 58.9 Å². The second kappa shape index (κ2) is 9.37. The van der Waals surface area contributed by atoms with E-state index in [0.717, 1.165) is 12.6 Å². The summed E-state index contributed by atoms with van der Waals surface area (Å²) >= 11 is 6.27. The van der Waals surface area contributed by atoms with Gasteiger partial charge in [-0.05, 0) is 32.3 Å². The largest absolute Gasteiger partial charge is 0.466 e. The molecule has 0 saturated carbocycles. The molecule has 0 amide bonds. The van der Waals surface area contributed by atoms with Crippen LogP contribution in [0.2, 0.25) is 0 Å². The minimum absolute atomic E-state index is 0.0402. The Hall–Kier alpha value is -2.45. The van der Waals surface area contributed by atoms with Crippen LogP contribution in [0.25, 0.3) is 0 Å². The number of hydrogen-bond donors (Lipinski definition) is 1. The van der Waals surface area contributed by atoms with Crippen molar-refractivity contribution in [2.24, 2.45) is 0 Å². The van der Waals surface area contributed by atoms with E-state index in [0.29, 0.717) is 25.8 Å². The van der Waals surface area contributed by atoms with Crippen molar-refractivity contribution in [3.8, 4) is 0 Å². The zero-order chi connectivity index (χ0) is 21.8. The van der Waals surface area contributed by atoms with E-state index in [1.807, 2.05) is 0 Å². The van der Waals surface area contributed by atoms with Gasteiger partial charge in [-0.3, -0.25) is 19.2 Å². The molecule has 1 N–H and O–H groups in total. The number of aliphatic hydroxyl groups excluding tert-OH is 1. The molecule has 2 rings (SSSR count). The molecule has 0 saturated heterocycles. The van der Waals surface area contributed by atoms with Crippen molar-refractivity contribution in [2.75, 3.05) is 19.8 Å². The molecule has 0 aromatic heterocycles. The maximum Gasteiger partial charge on any atom is 0.304 e. The SMILES string of the molecule is CC(=O)OCCCC1=CC2=C(Cl)C(=O)C(C)(OC(C)=O)C(=O)C2=CN1CCCO. The molecule has 0 bridgehead atoms. The predicted molar refractivity (Wildman–Crippen MR) is 104 cm³/mol. The Morgan fingerprint density at radius 3 is 2.45 bits per heavy atom. The summed E-state index contributed by atoms with van der Waals surface area (Å²) in [6.07, 6.45) is 4.69. The number of allylic oxidation sites excluding steroid dienone is 3. The van der Waals surface area contributed by atoms with Crippen LogP contribution in [0.4, 0.5) is 0 Å². The zero-order valence-corrected chi connectivity index (χ0v) is 17.4. The molecule has 1 aliphatic carbocycles. The summed E-state index contributed by atoms with van der Waals surface area (Å²) in [4.78, 5) is 49.9. The summed E-state index contributed by atoms with van der Waals surface area (Å²) in [5, 5.41) is 9.00. The van der Waals surface area contributed by atoms with Crippen molar-refractivity contribution < 1.29 is 33.8 Å². The number of aliphatic hydroxyl groups is 1. The van der Waals surface area contributed by atoms with Crippen LogP contribution in [0.1, 0.15) is 40.0 Å². The molecule has 1 heterocycles. The Bertz CT molecular complexity index is 827. The first kappa shape index (κ1) is 22.8. The second-order valence-corrected chi connectivity index (χ2v) is 7.28. The summed E-state index contributed by atoms with van der Waals surface area (Å²) in [5.74, 6) is -2.56. The number of rotatable bonds is 8. The van der Waals surface area contributed by atoms with Gasteiger partial charge >= 0.3 is 11.9 Å². The standard InChI is InChI=1S/C20H24ClNO7/c1-12(24)28-9-4-6-14-10-15-16(11-22(14)7-5-8-23)18(26)20(3,29-13(2)25)19(27)17(15)21/h10-11,23H,4-9H2,1-3H3. The van der Waals surface area contributed by atoms with Crippen LogP contribution in [0.3, 0.4) is 0 Å². The third kappa shape index (κ3) is 4.94. The summed E-state index contributed by atoms with van der Waals surface area (Å²) in [6, 6.07) is 0. The molecule has 0 fully saturated rings. The van der Waals surface area contributed by atoms with Gasteiger partial charge in [0.25, 0.3) is 0 Å². The van der Waals surface area contributed by atoms with Crippen LogP contribution in [0.5, 0.6) is 0 Å². The molecule has 0 radical (unpaired) electrons. The highest BCUT2D eigenvalue weighted by atomic mass is 35.5. The minimum Gasteiger partial charge on any atom is -0.466 e. The number of ketones is 2. The highest BCUT2D eigenvalue weighted by Crippen LogP contribution is 2.39. The summed E-state index contributed by atoms with van der Waals surface area (Å²) < 4.78 is 9.98. The lowest BCUT2D eigenvalue weighted by Gasteiger charge is -2.36. The smallest absolute Gasteiger partial charge is 0.304 e. The van der Waals surface area contributed by atoms with Crippen LogP contribution in [0, 0.1) is 0 Å². The van der Waals surface area contributed by atoms with Crippen molar-refractivity contribution in [1.29, 1.82) is 0 Å². The first-order valence-electron chi connectivity index (χ1n) is 9.24. The average Bonchev–Trinajstić information content (AvgIpc) is 2.66. The number of carbonyl (C=O) groups excluding carboxylic acids is 4. The zero-order valence-electron chi connectivity index (χ0n) is 16.6. The highest BCUT2D eigenvalue weighted by molar-refractivity contribution is 6.49. The molecule has 0 aromatic rings. The molecule has 8 nitrogen and oxygen atoms in total. The van der Waals surface area contributed by atoms with E-state index in [-0.39, 0.29) is 35.4 Å². The Kier molecular flexibility index (Phi) is 7.37. The predicted octanol–water partition coefficient (Wildman–Crippen LogP) is 1.76. The number of ether oxygens (including phenoxy) is 2. The normalized spacial score (nSPS) is 21.5. The fraction of sp³-hybridized carbons (Fsp3) is 0.500. The van der Waals surface area contributed by atoms with Gasteiger partial charge in [0, 0.05) is 50.0 Å². The number of Topliss-reactive ketones (excluding diaryl/α,β-unsaturated/α-hetero) is 2. The van der Waals surface area contributed by atoms with E-state index >= 15 is 0 Å². The van der Waals surface area contributed by atoms with Gasteiger partial charge in [0.2, 0.25) is 17.2 Å². The molecule has 1 unspecified atom stereocenters. The fourth-order valence-electron chi connectivity index (χ4n) is 3.20. The first-order valence-corrected chi connectivity index (χ1v) is 9.62. The number of fused-ring (bicyclic) bond motifs is 1. The number of nitrogens with zero attached hydrogens (tertiary/aromatic N) is 1. The van der Waals surface area contributed by atoms with E-state index in [1.165, 1.54) is 13.8 Å². The lowest BCUT2D eigenvalue weighted by molar-refractivity contribution is -0.167. The molecule has 158 valence electrons. The van der Waals surface area contributed by atoms with Crippen LogP contribution < -0.4 is 0 Å². The molecule has 0 aromatic carbocycles. The quantitative estimate of drug-likeness (QED) is 0.356. The maximum atomic E-state index is 13.0. The van der Waals surface area contributed by atoms with Gasteiger partial charge in [-0.15, -0.1) is 0 Å². The highest BCUT2D eigenvalue weighted by Gasteiger charge is 2.52. The van der Waals surface area contributed by atoms with Crippen molar-refractivity contribution in [3.05, 3.63) is 34.2 Å². The van der Waals surface area contributed by atoms with Crippen molar-refractivity contribution in [1.82, 2.24) is 4.90 Å². The van der Waals surface area contributed by atoms with Crippen molar-refractivity contribution in [3.63, 3.8) is 0 Å². The van der Waals surface area contributed by atoms with Crippen LogP contribution >= 0.6 is 11.6 Å². The van der Waals surface area contributed by atoms with Gasteiger partial charge in [-0.1, -0.05) is 11.6 Å². The van der Waals surface area contributed by atoms with Crippen LogP contribution in [0.15, 0.2) is 34.2 Å². The molecule has 1 aliphatic heterocycles. The molecule has 1 atom stereocenters. The average molecular weight is 426 g/mol. The van der Waals surface area contributed by atoms with E-state index in [2.05, 4.69) is 0 Å². The molecular weight excluding hydrogens is 402 g/mol. The summed E-state index contributed by atoms with van der Waals surface area (Å²) in [7, 11) is 0. The number of esters is 2. The Morgan fingerprint density at radius 1 is 1.17 bits per heavy atom. The topological polar surface area (TPSA) is 110 Å². The van der Waals surface area contributed by atoms with Gasteiger partial charge in [0.1, 0.15) is 0 Å². The summed E-state index contributed by atoms with van der Waals surface area (Å²) in [6.45, 7) is 4.29. The monoisotopic (exact) mass is 425 g/mol. The third-order valence-corrected chi connectivity index (χ3v) is 4.96. The lowest BCUT2D eigenvalue weighted by atomic mass is 9.79. The molecule has 0 spiro atoms. The van der Waals surface area contributed by atoms with E-state index in [1.54, 1.807) is 17.2 Å². The van der Waals surface area contributed by atoms with Gasteiger partial charge in [0.05, 0.1) is 11.6 Å². The molecular formula is C20H24ClNO7.